The molecule has 1 atom stereocenters. The first-order valence-electron chi connectivity index (χ1n) is 17.8. The van der Waals surface area contributed by atoms with Crippen molar-refractivity contribution in [2.45, 2.75) is 77.0 Å². The number of carbonyl (C=O) groups excluding carboxylic acids is 5. The molecule has 3 aromatic rings. The van der Waals surface area contributed by atoms with E-state index in [9.17, 15) is 24.0 Å². The molecular formula is C38H48N8O9. The molecule has 2 aliphatic rings. The van der Waals surface area contributed by atoms with Gasteiger partial charge in [0.2, 0.25) is 23.5 Å². The SMILES string of the molecule is COc1cc(Cc2cnc(N)nc2N)cc(OC)c1OCC(=O)NC(C)(C)CCOC(C)(C)CCNc1cccc2c1C(=O)N(C1CCC(=O)NC1=O)C2=O. The zero-order valence-electron chi connectivity index (χ0n) is 31.9. The van der Waals surface area contributed by atoms with Gasteiger partial charge in [-0.25, -0.2) is 4.98 Å². The zero-order chi connectivity index (χ0) is 40.1. The monoisotopic (exact) mass is 760 g/mol. The number of aromatic nitrogens is 2. The van der Waals surface area contributed by atoms with Gasteiger partial charge in [0.05, 0.1) is 30.9 Å². The Morgan fingerprint density at radius 2 is 1.73 bits per heavy atom. The van der Waals surface area contributed by atoms with Gasteiger partial charge in [-0.3, -0.25) is 34.2 Å². The van der Waals surface area contributed by atoms with Gasteiger partial charge in [-0.15, -0.1) is 0 Å². The van der Waals surface area contributed by atoms with Crippen molar-refractivity contribution in [1.82, 2.24) is 25.5 Å². The Morgan fingerprint density at radius 1 is 1.02 bits per heavy atom. The molecule has 0 spiro atoms. The molecule has 5 amide bonds. The highest BCUT2D eigenvalue weighted by molar-refractivity contribution is 6.25. The van der Waals surface area contributed by atoms with Crippen LogP contribution in [0.4, 0.5) is 17.5 Å². The van der Waals surface area contributed by atoms with Crippen molar-refractivity contribution in [3.63, 3.8) is 0 Å². The zero-order valence-corrected chi connectivity index (χ0v) is 31.9. The second-order valence-electron chi connectivity index (χ2n) is 14.6. The highest BCUT2D eigenvalue weighted by Gasteiger charge is 2.45. The van der Waals surface area contributed by atoms with E-state index in [1.807, 2.05) is 27.7 Å². The molecule has 1 fully saturated rings. The largest absolute Gasteiger partial charge is 0.493 e. The lowest BCUT2D eigenvalue weighted by molar-refractivity contribution is -0.136. The average Bonchev–Trinajstić information content (AvgIpc) is 3.37. The Morgan fingerprint density at radius 3 is 2.38 bits per heavy atom. The van der Waals surface area contributed by atoms with E-state index in [2.05, 4.69) is 25.9 Å². The summed E-state index contributed by atoms with van der Waals surface area (Å²) < 4.78 is 23.2. The van der Waals surface area contributed by atoms with Gasteiger partial charge in [0.25, 0.3) is 17.7 Å². The van der Waals surface area contributed by atoms with E-state index in [1.165, 1.54) is 14.2 Å². The summed E-state index contributed by atoms with van der Waals surface area (Å²) in [5.74, 6) is -1.23. The molecule has 55 heavy (non-hydrogen) atoms. The van der Waals surface area contributed by atoms with Crippen molar-refractivity contribution in [3.05, 3.63) is 58.8 Å². The van der Waals surface area contributed by atoms with E-state index in [0.717, 1.165) is 10.5 Å². The standard InChI is InChI=1S/C38H48N8O9/c1-37(2,45-29(48)20-54-31-26(52-5)17-21(18-27(31)53-6)16-22-19-42-36(40)44-32(22)39)13-15-55-38(3,4)12-14-41-24-9-7-8-23-30(24)35(51)46(34(23)50)25-10-11-28(47)43-33(25)49/h7-9,17-19,25,41H,10-16,20H2,1-6H3,(H,45,48)(H,43,47,49)(H4,39,40,42,44). The third-order valence-corrected chi connectivity index (χ3v) is 9.39. The van der Waals surface area contributed by atoms with Crippen LogP contribution in [-0.2, 0) is 25.5 Å². The molecule has 1 aromatic heterocycles. The van der Waals surface area contributed by atoms with Gasteiger partial charge < -0.3 is 41.0 Å². The second kappa shape index (κ2) is 16.6. The smallest absolute Gasteiger partial charge is 0.264 e. The molecule has 17 nitrogen and oxygen atoms in total. The lowest BCUT2D eigenvalue weighted by atomic mass is 10.0. The van der Waals surface area contributed by atoms with Gasteiger partial charge in [0, 0.05) is 49.0 Å². The highest BCUT2D eigenvalue weighted by Crippen LogP contribution is 2.39. The summed E-state index contributed by atoms with van der Waals surface area (Å²) >= 11 is 0. The number of ether oxygens (including phenoxy) is 4. The van der Waals surface area contributed by atoms with Crippen LogP contribution < -0.4 is 41.6 Å². The Balaban J connectivity index is 1.09. The first-order chi connectivity index (χ1) is 26.0. The van der Waals surface area contributed by atoms with Gasteiger partial charge in [-0.05, 0) is 76.8 Å². The Hall–Kier alpha value is -5.97. The first kappa shape index (κ1) is 40.2. The van der Waals surface area contributed by atoms with Crippen molar-refractivity contribution in [2.75, 3.05) is 50.8 Å². The number of nitrogens with one attached hydrogen (secondary N) is 3. The van der Waals surface area contributed by atoms with Crippen LogP contribution in [0.2, 0.25) is 0 Å². The number of hydrogen-bond acceptors (Lipinski definition) is 14. The van der Waals surface area contributed by atoms with Crippen LogP contribution in [-0.4, -0.2) is 95.6 Å². The summed E-state index contributed by atoms with van der Waals surface area (Å²) in [6, 6.07) is 7.40. The number of nitrogen functional groups attached to an aromatic ring is 2. The molecule has 17 heteroatoms. The van der Waals surface area contributed by atoms with E-state index in [-0.39, 0.29) is 54.0 Å². The van der Waals surface area contributed by atoms with Crippen molar-refractivity contribution in [1.29, 1.82) is 0 Å². The molecule has 294 valence electrons. The van der Waals surface area contributed by atoms with Crippen LogP contribution in [0.3, 0.4) is 0 Å². The molecule has 0 radical (unpaired) electrons. The summed E-state index contributed by atoms with van der Waals surface area (Å²) in [6.07, 6.45) is 3.11. The summed E-state index contributed by atoms with van der Waals surface area (Å²) in [5.41, 5.74) is 12.7. The maximum Gasteiger partial charge on any atom is 0.264 e. The van der Waals surface area contributed by atoms with Crippen LogP contribution in [0.5, 0.6) is 17.2 Å². The molecule has 0 saturated carbocycles. The fourth-order valence-corrected chi connectivity index (χ4v) is 6.40. The molecule has 5 rings (SSSR count). The average molecular weight is 761 g/mol. The van der Waals surface area contributed by atoms with E-state index < -0.39 is 40.8 Å². The number of imide groups is 2. The van der Waals surface area contributed by atoms with Gasteiger partial charge in [0.1, 0.15) is 11.9 Å². The predicted octanol–water partition coefficient (Wildman–Crippen LogP) is 2.61. The number of nitrogens with two attached hydrogens (primary N) is 2. The number of benzene rings is 2. The number of nitrogens with zero attached hydrogens (tertiary/aromatic N) is 3. The number of hydrogen-bond donors (Lipinski definition) is 5. The predicted molar refractivity (Wildman–Crippen MR) is 202 cm³/mol. The quantitative estimate of drug-likeness (QED) is 0.124. The fraction of sp³-hybridized carbons (Fsp3) is 0.447. The normalized spacial score (nSPS) is 15.7. The van der Waals surface area contributed by atoms with E-state index in [1.54, 1.807) is 36.5 Å². The number of rotatable bonds is 17. The summed E-state index contributed by atoms with van der Waals surface area (Å²) in [6.45, 7) is 8.10. The first-order valence-corrected chi connectivity index (χ1v) is 17.8. The number of anilines is 3. The maximum absolute atomic E-state index is 13.4. The molecule has 1 saturated heterocycles. The van der Waals surface area contributed by atoms with Gasteiger partial charge in [-0.1, -0.05) is 6.07 Å². The number of amides is 5. The van der Waals surface area contributed by atoms with Crippen LogP contribution in [0.15, 0.2) is 36.5 Å². The van der Waals surface area contributed by atoms with Crippen molar-refractivity contribution in [2.24, 2.45) is 0 Å². The molecule has 1 unspecified atom stereocenters. The Bertz CT molecular complexity index is 1960. The highest BCUT2D eigenvalue weighted by atomic mass is 16.5. The minimum absolute atomic E-state index is 0.0457. The minimum Gasteiger partial charge on any atom is -0.493 e. The van der Waals surface area contributed by atoms with E-state index >= 15 is 0 Å². The van der Waals surface area contributed by atoms with Crippen LogP contribution in [0.25, 0.3) is 0 Å². The van der Waals surface area contributed by atoms with Gasteiger partial charge in [0.15, 0.2) is 18.1 Å². The van der Waals surface area contributed by atoms with Crippen LogP contribution in [0, 0.1) is 0 Å². The minimum atomic E-state index is -1.04. The van der Waals surface area contributed by atoms with Gasteiger partial charge >= 0.3 is 0 Å². The summed E-state index contributed by atoms with van der Waals surface area (Å²) in [5, 5.41) is 8.45. The third-order valence-electron chi connectivity index (χ3n) is 9.39. The lowest BCUT2D eigenvalue weighted by Crippen LogP contribution is -2.54. The van der Waals surface area contributed by atoms with E-state index in [0.29, 0.717) is 55.2 Å². The molecule has 7 N–H and O–H groups in total. The topological polar surface area (TPSA) is 239 Å². The van der Waals surface area contributed by atoms with Gasteiger partial charge in [-0.2, -0.15) is 4.98 Å². The maximum atomic E-state index is 13.4. The third kappa shape index (κ3) is 9.59. The number of piperidine rings is 1. The number of methoxy groups -OCH3 is 2. The summed E-state index contributed by atoms with van der Waals surface area (Å²) in [4.78, 5) is 72.6. The number of carbonyl (C=O) groups is 5. The lowest BCUT2D eigenvalue weighted by Gasteiger charge is -2.30. The Kier molecular flexibility index (Phi) is 12.1. The number of fused-ring (bicyclic) bond motifs is 1. The fourth-order valence-electron chi connectivity index (χ4n) is 6.40. The van der Waals surface area contributed by atoms with Crippen molar-refractivity contribution >= 4 is 47.0 Å². The van der Waals surface area contributed by atoms with E-state index in [4.69, 9.17) is 30.4 Å². The molecule has 2 aliphatic heterocycles. The van der Waals surface area contributed by atoms with Crippen molar-refractivity contribution < 1.29 is 42.9 Å². The molecule has 3 heterocycles. The second-order valence-corrected chi connectivity index (χ2v) is 14.6. The molecule has 0 bridgehead atoms. The van der Waals surface area contributed by atoms with Crippen LogP contribution >= 0.6 is 0 Å². The molecule has 0 aliphatic carbocycles. The summed E-state index contributed by atoms with van der Waals surface area (Å²) in [7, 11) is 2.98. The Labute approximate surface area is 318 Å². The molecular weight excluding hydrogens is 712 g/mol. The molecule has 2 aromatic carbocycles. The van der Waals surface area contributed by atoms with Crippen molar-refractivity contribution in [3.8, 4) is 17.2 Å². The van der Waals surface area contributed by atoms with Crippen LogP contribution in [0.1, 0.15) is 85.2 Å².